The molecule has 2 rings (SSSR count). The SMILES string of the molecule is COC1CCN(C(=O)c2ccc(Cl)c(S(=O)[O-])c2)CC1. The number of halogens is 1. The summed E-state index contributed by atoms with van der Waals surface area (Å²) in [4.78, 5) is 14.0. The Morgan fingerprint density at radius 2 is 2.10 bits per heavy atom. The van der Waals surface area contributed by atoms with Crippen LogP contribution in [0.3, 0.4) is 0 Å². The lowest BCUT2D eigenvalue weighted by Crippen LogP contribution is -2.40. The quantitative estimate of drug-likeness (QED) is 0.798. The predicted octanol–water partition coefficient (Wildman–Crippen LogP) is 1.83. The summed E-state index contributed by atoms with van der Waals surface area (Å²) in [6, 6.07) is 4.29. The van der Waals surface area contributed by atoms with Gasteiger partial charge in [-0.2, -0.15) is 0 Å². The molecule has 7 heteroatoms. The Balaban J connectivity index is 2.14. The Bertz CT molecular complexity index is 529. The van der Waals surface area contributed by atoms with Crippen LogP contribution < -0.4 is 0 Å². The first-order chi connectivity index (χ1) is 9.52. The van der Waals surface area contributed by atoms with Gasteiger partial charge in [-0.25, -0.2) is 0 Å². The Morgan fingerprint density at radius 1 is 1.45 bits per heavy atom. The van der Waals surface area contributed by atoms with Crippen LogP contribution in [0.5, 0.6) is 0 Å². The number of likely N-dealkylation sites (tertiary alicyclic amines) is 1. The molecule has 0 aliphatic carbocycles. The zero-order valence-corrected chi connectivity index (χ0v) is 12.6. The number of methoxy groups -OCH3 is 1. The van der Waals surface area contributed by atoms with E-state index in [-0.39, 0.29) is 21.9 Å². The van der Waals surface area contributed by atoms with E-state index in [1.54, 1.807) is 18.1 Å². The maximum atomic E-state index is 12.3. The van der Waals surface area contributed by atoms with Crippen molar-refractivity contribution in [3.8, 4) is 0 Å². The minimum absolute atomic E-state index is 0.0516. The van der Waals surface area contributed by atoms with E-state index in [4.69, 9.17) is 16.3 Å². The summed E-state index contributed by atoms with van der Waals surface area (Å²) in [5.74, 6) is -0.178. The third kappa shape index (κ3) is 3.38. The van der Waals surface area contributed by atoms with Gasteiger partial charge in [0.25, 0.3) is 5.91 Å². The second-order valence-electron chi connectivity index (χ2n) is 4.61. The predicted molar refractivity (Wildman–Crippen MR) is 74.6 cm³/mol. The van der Waals surface area contributed by atoms with Gasteiger partial charge in [0.05, 0.1) is 11.1 Å². The van der Waals surface area contributed by atoms with Crippen LogP contribution in [0, 0.1) is 0 Å². The highest BCUT2D eigenvalue weighted by atomic mass is 35.5. The van der Waals surface area contributed by atoms with Crippen LogP contribution in [0.2, 0.25) is 5.02 Å². The van der Waals surface area contributed by atoms with Gasteiger partial charge < -0.3 is 14.2 Å². The van der Waals surface area contributed by atoms with Gasteiger partial charge in [0.15, 0.2) is 0 Å². The number of nitrogens with zero attached hydrogens (tertiary/aromatic N) is 1. The van der Waals surface area contributed by atoms with Gasteiger partial charge in [0.2, 0.25) is 0 Å². The Morgan fingerprint density at radius 3 is 2.65 bits per heavy atom. The zero-order chi connectivity index (χ0) is 14.7. The van der Waals surface area contributed by atoms with Gasteiger partial charge in [-0.05, 0) is 42.1 Å². The van der Waals surface area contributed by atoms with E-state index in [0.29, 0.717) is 18.7 Å². The van der Waals surface area contributed by atoms with E-state index in [2.05, 4.69) is 0 Å². The van der Waals surface area contributed by atoms with Gasteiger partial charge in [0, 0.05) is 30.7 Å². The van der Waals surface area contributed by atoms with Crippen molar-refractivity contribution in [3.05, 3.63) is 28.8 Å². The van der Waals surface area contributed by atoms with Gasteiger partial charge in [-0.15, -0.1) is 0 Å². The summed E-state index contributed by atoms with van der Waals surface area (Å²) < 4.78 is 27.3. The average Bonchev–Trinajstić information content (AvgIpc) is 2.47. The highest BCUT2D eigenvalue weighted by molar-refractivity contribution is 7.79. The van der Waals surface area contributed by atoms with Crippen LogP contribution in [0.1, 0.15) is 23.2 Å². The average molecular weight is 317 g/mol. The maximum absolute atomic E-state index is 12.3. The number of rotatable bonds is 3. The standard InChI is InChI=1S/C13H16ClNO4S/c1-19-10-4-6-15(7-5-10)13(16)9-2-3-11(14)12(8-9)20(17)18/h2-3,8,10H,4-7H2,1H3,(H,17,18)/p-1. The molecule has 1 aliphatic heterocycles. The van der Waals surface area contributed by atoms with Crippen molar-refractivity contribution in [1.82, 2.24) is 4.90 Å². The fraction of sp³-hybridized carbons (Fsp3) is 0.462. The first-order valence-electron chi connectivity index (χ1n) is 6.24. The minimum Gasteiger partial charge on any atom is -0.768 e. The number of carbonyl (C=O) groups is 1. The molecule has 1 heterocycles. The molecular weight excluding hydrogens is 302 g/mol. The van der Waals surface area contributed by atoms with Gasteiger partial charge >= 0.3 is 0 Å². The monoisotopic (exact) mass is 316 g/mol. The topological polar surface area (TPSA) is 69.7 Å². The maximum Gasteiger partial charge on any atom is 0.253 e. The van der Waals surface area contributed by atoms with Crippen LogP contribution in [-0.2, 0) is 15.8 Å². The summed E-state index contributed by atoms with van der Waals surface area (Å²) in [6.45, 7) is 1.21. The van der Waals surface area contributed by atoms with E-state index in [1.165, 1.54) is 12.1 Å². The third-order valence-electron chi connectivity index (χ3n) is 3.42. The van der Waals surface area contributed by atoms with Crippen molar-refractivity contribution in [3.63, 3.8) is 0 Å². The summed E-state index contributed by atoms with van der Waals surface area (Å²) in [5, 5.41) is 0.118. The molecule has 1 aromatic carbocycles. The van der Waals surface area contributed by atoms with Gasteiger partial charge in [-0.3, -0.25) is 9.00 Å². The van der Waals surface area contributed by atoms with E-state index in [9.17, 15) is 13.6 Å². The number of ether oxygens (including phenoxy) is 1. The normalized spacial score (nSPS) is 18.1. The molecule has 0 radical (unpaired) electrons. The van der Waals surface area contributed by atoms with Crippen molar-refractivity contribution in [2.75, 3.05) is 20.2 Å². The fourth-order valence-electron chi connectivity index (χ4n) is 2.24. The highest BCUT2D eigenvalue weighted by Gasteiger charge is 2.23. The number of benzene rings is 1. The molecule has 110 valence electrons. The molecule has 5 nitrogen and oxygen atoms in total. The molecule has 1 aliphatic rings. The zero-order valence-electron chi connectivity index (χ0n) is 11.0. The molecule has 1 saturated heterocycles. The second-order valence-corrected chi connectivity index (χ2v) is 5.92. The molecule has 0 spiro atoms. The Kier molecular flexibility index (Phi) is 5.15. The van der Waals surface area contributed by atoms with E-state index in [1.807, 2.05) is 0 Å². The smallest absolute Gasteiger partial charge is 0.253 e. The van der Waals surface area contributed by atoms with Crippen molar-refractivity contribution in [2.45, 2.75) is 23.8 Å². The van der Waals surface area contributed by atoms with E-state index in [0.717, 1.165) is 12.8 Å². The van der Waals surface area contributed by atoms with Gasteiger partial charge in [-0.1, -0.05) is 11.6 Å². The van der Waals surface area contributed by atoms with Crippen LogP contribution >= 0.6 is 11.6 Å². The number of piperidine rings is 1. The molecule has 1 unspecified atom stereocenters. The summed E-state index contributed by atoms with van der Waals surface area (Å²) in [5.41, 5.74) is 0.337. The molecular formula is C13H15ClNO4S-. The van der Waals surface area contributed by atoms with Crippen LogP contribution in [0.15, 0.2) is 23.1 Å². The highest BCUT2D eigenvalue weighted by Crippen LogP contribution is 2.22. The molecule has 1 aromatic rings. The third-order valence-corrected chi connectivity index (χ3v) is 4.56. The molecule has 1 atom stereocenters. The lowest BCUT2D eigenvalue weighted by Gasteiger charge is -2.31. The van der Waals surface area contributed by atoms with E-state index >= 15 is 0 Å². The van der Waals surface area contributed by atoms with Crippen molar-refractivity contribution in [2.24, 2.45) is 0 Å². The first-order valence-corrected chi connectivity index (χ1v) is 7.69. The molecule has 1 amide bonds. The van der Waals surface area contributed by atoms with Crippen LogP contribution in [-0.4, -0.2) is 45.9 Å². The van der Waals surface area contributed by atoms with Crippen LogP contribution in [0.4, 0.5) is 0 Å². The second kappa shape index (κ2) is 6.67. The van der Waals surface area contributed by atoms with Gasteiger partial charge in [0.1, 0.15) is 0 Å². The molecule has 0 bridgehead atoms. The molecule has 0 N–H and O–H groups in total. The Hall–Kier alpha value is -0.950. The lowest BCUT2D eigenvalue weighted by atomic mass is 10.1. The van der Waals surface area contributed by atoms with Crippen LogP contribution in [0.25, 0.3) is 0 Å². The van der Waals surface area contributed by atoms with Crippen molar-refractivity contribution in [1.29, 1.82) is 0 Å². The molecule has 20 heavy (non-hydrogen) atoms. The molecule has 0 aromatic heterocycles. The van der Waals surface area contributed by atoms with Crippen molar-refractivity contribution >= 4 is 28.6 Å². The first kappa shape index (κ1) is 15.4. The lowest BCUT2D eigenvalue weighted by molar-refractivity contribution is 0.0350. The fourth-order valence-corrected chi connectivity index (χ4v) is 3.00. The molecule has 1 fully saturated rings. The summed E-state index contributed by atoms with van der Waals surface area (Å²) >= 11 is 3.33. The van der Waals surface area contributed by atoms with Crippen molar-refractivity contribution < 1.29 is 18.3 Å². The Labute approximate surface area is 125 Å². The van der Waals surface area contributed by atoms with E-state index < -0.39 is 11.1 Å². The molecule has 0 saturated carbocycles. The minimum atomic E-state index is -2.45. The number of amides is 1. The summed E-state index contributed by atoms with van der Waals surface area (Å²) in [7, 11) is 1.66. The number of hydrogen-bond donors (Lipinski definition) is 0. The number of carbonyl (C=O) groups excluding carboxylic acids is 1. The number of hydrogen-bond acceptors (Lipinski definition) is 4. The largest absolute Gasteiger partial charge is 0.768 e. The summed E-state index contributed by atoms with van der Waals surface area (Å²) in [6.07, 6.45) is 1.76.